The minimum absolute atomic E-state index is 0.0995. The quantitative estimate of drug-likeness (QED) is 0.251. The average molecular weight is 590 g/mol. The lowest BCUT2D eigenvalue weighted by Crippen LogP contribution is -2.52. The Morgan fingerprint density at radius 3 is 2.32 bits per heavy atom. The van der Waals surface area contributed by atoms with E-state index in [2.05, 4.69) is 5.32 Å². The monoisotopic (exact) mass is 588 g/mol. The largest absolute Gasteiger partial charge is 0.352 e. The number of halogens is 3. The van der Waals surface area contributed by atoms with Crippen LogP contribution in [0.3, 0.4) is 0 Å². The number of hydrogen-bond acceptors (Lipinski definition) is 3. The van der Waals surface area contributed by atoms with Crippen molar-refractivity contribution in [2.45, 2.75) is 56.5 Å². The van der Waals surface area contributed by atoms with Gasteiger partial charge < -0.3 is 10.2 Å². The molecule has 200 valence electrons. The van der Waals surface area contributed by atoms with Gasteiger partial charge in [0.25, 0.3) is 0 Å². The number of benzene rings is 3. The lowest BCUT2D eigenvalue weighted by atomic mass is 10.0. The van der Waals surface area contributed by atoms with Crippen LogP contribution in [0, 0.1) is 0 Å². The number of nitrogens with one attached hydrogen (secondary N) is 1. The van der Waals surface area contributed by atoms with Crippen molar-refractivity contribution in [1.82, 2.24) is 10.2 Å². The van der Waals surface area contributed by atoms with Gasteiger partial charge in [-0.2, -0.15) is 0 Å². The minimum Gasteiger partial charge on any atom is -0.352 e. The zero-order chi connectivity index (χ0) is 26.9. The Kier molecular flexibility index (Phi) is 10.8. The van der Waals surface area contributed by atoms with Gasteiger partial charge in [0.05, 0.1) is 15.8 Å². The zero-order valence-corrected chi connectivity index (χ0v) is 24.1. The second-order valence-corrected chi connectivity index (χ2v) is 11.8. The molecule has 0 radical (unpaired) electrons. The van der Waals surface area contributed by atoms with Crippen molar-refractivity contribution < 1.29 is 9.59 Å². The number of amides is 2. The fraction of sp³-hybridized carbons (Fsp3) is 0.333. The van der Waals surface area contributed by atoms with Crippen molar-refractivity contribution >= 4 is 58.4 Å². The van der Waals surface area contributed by atoms with Crippen molar-refractivity contribution in [2.24, 2.45) is 0 Å². The van der Waals surface area contributed by atoms with Crippen LogP contribution >= 0.6 is 46.6 Å². The standard InChI is InChI=1S/C30H31Cl3N2O2S/c31-24-10-6-9-22(15-24)18-35(29(36)20-38-19-23-13-14-26(32)27(33)16-23)28(17-21-7-2-1-3-8-21)30(37)34-25-11-4-5-12-25/h1-3,6-10,13-16,25,28H,4-5,11-12,17-20H2,(H,34,37). The molecule has 8 heteroatoms. The lowest BCUT2D eigenvalue weighted by molar-refractivity contribution is -0.139. The van der Waals surface area contributed by atoms with E-state index >= 15 is 0 Å². The van der Waals surface area contributed by atoms with Gasteiger partial charge in [-0.15, -0.1) is 11.8 Å². The molecule has 0 saturated heterocycles. The minimum atomic E-state index is -0.643. The van der Waals surface area contributed by atoms with E-state index in [1.165, 1.54) is 11.8 Å². The molecule has 1 aliphatic rings. The highest BCUT2D eigenvalue weighted by Crippen LogP contribution is 2.26. The van der Waals surface area contributed by atoms with E-state index in [4.69, 9.17) is 34.8 Å². The summed E-state index contributed by atoms with van der Waals surface area (Å²) in [7, 11) is 0. The Morgan fingerprint density at radius 1 is 0.868 bits per heavy atom. The molecule has 0 aromatic heterocycles. The maximum atomic E-state index is 13.8. The van der Waals surface area contributed by atoms with E-state index in [9.17, 15) is 9.59 Å². The third-order valence-electron chi connectivity index (χ3n) is 6.69. The van der Waals surface area contributed by atoms with Gasteiger partial charge in [0, 0.05) is 29.8 Å². The van der Waals surface area contributed by atoms with Crippen molar-refractivity contribution in [3.8, 4) is 0 Å². The van der Waals surface area contributed by atoms with Crippen LogP contribution in [0.25, 0.3) is 0 Å². The van der Waals surface area contributed by atoms with Crippen molar-refractivity contribution in [1.29, 1.82) is 0 Å². The van der Waals surface area contributed by atoms with E-state index in [0.29, 0.717) is 33.8 Å². The zero-order valence-electron chi connectivity index (χ0n) is 21.0. The van der Waals surface area contributed by atoms with Crippen LogP contribution in [-0.2, 0) is 28.3 Å². The van der Waals surface area contributed by atoms with Crippen molar-refractivity contribution in [2.75, 3.05) is 5.75 Å². The van der Waals surface area contributed by atoms with Gasteiger partial charge in [0.1, 0.15) is 6.04 Å². The Bertz CT molecular complexity index is 1240. The van der Waals surface area contributed by atoms with Crippen LogP contribution in [-0.4, -0.2) is 34.6 Å². The van der Waals surface area contributed by atoms with E-state index < -0.39 is 6.04 Å². The highest BCUT2D eigenvalue weighted by molar-refractivity contribution is 7.99. The normalized spacial score (nSPS) is 14.3. The van der Waals surface area contributed by atoms with Crippen molar-refractivity contribution in [3.05, 3.63) is 105 Å². The molecular formula is C30H31Cl3N2O2S. The first-order chi connectivity index (χ1) is 18.4. The second kappa shape index (κ2) is 14.3. The van der Waals surface area contributed by atoms with Gasteiger partial charge in [-0.1, -0.05) is 96.2 Å². The summed E-state index contributed by atoms with van der Waals surface area (Å²) in [5, 5.41) is 4.82. The third-order valence-corrected chi connectivity index (χ3v) is 8.66. The topological polar surface area (TPSA) is 49.4 Å². The Morgan fingerprint density at radius 2 is 1.61 bits per heavy atom. The molecule has 1 N–H and O–H groups in total. The summed E-state index contributed by atoms with van der Waals surface area (Å²) in [4.78, 5) is 29.2. The highest BCUT2D eigenvalue weighted by atomic mass is 35.5. The van der Waals surface area contributed by atoms with Crippen LogP contribution in [0.4, 0.5) is 0 Å². The smallest absolute Gasteiger partial charge is 0.243 e. The van der Waals surface area contributed by atoms with Gasteiger partial charge >= 0.3 is 0 Å². The molecule has 2 amide bonds. The molecule has 1 aliphatic carbocycles. The van der Waals surface area contributed by atoms with E-state index in [0.717, 1.165) is 42.4 Å². The maximum Gasteiger partial charge on any atom is 0.243 e. The first-order valence-corrected chi connectivity index (χ1v) is 15.1. The Hall–Kier alpha value is -2.18. The summed E-state index contributed by atoms with van der Waals surface area (Å²) in [6, 6.07) is 22.3. The summed E-state index contributed by atoms with van der Waals surface area (Å²) in [5.41, 5.74) is 2.87. The van der Waals surface area contributed by atoms with Gasteiger partial charge in [-0.25, -0.2) is 0 Å². The molecule has 4 nitrogen and oxygen atoms in total. The molecule has 0 aliphatic heterocycles. The fourth-order valence-corrected chi connectivity index (χ4v) is 6.11. The van der Waals surface area contributed by atoms with Crippen LogP contribution < -0.4 is 5.32 Å². The Balaban J connectivity index is 1.56. The SMILES string of the molecule is O=C(NC1CCCC1)C(Cc1ccccc1)N(Cc1cccc(Cl)c1)C(=O)CSCc1ccc(Cl)c(Cl)c1. The molecule has 1 fully saturated rings. The molecule has 0 heterocycles. The van der Waals surface area contributed by atoms with Crippen LogP contribution in [0.2, 0.25) is 15.1 Å². The summed E-state index contributed by atoms with van der Waals surface area (Å²) >= 11 is 20.0. The first kappa shape index (κ1) is 28.8. The van der Waals surface area contributed by atoms with Gasteiger partial charge in [-0.3, -0.25) is 9.59 Å². The number of carbonyl (C=O) groups is 2. The number of rotatable bonds is 11. The van der Waals surface area contributed by atoms with E-state index in [-0.39, 0.29) is 23.6 Å². The first-order valence-electron chi connectivity index (χ1n) is 12.8. The molecule has 3 aromatic rings. The highest BCUT2D eigenvalue weighted by Gasteiger charge is 2.32. The van der Waals surface area contributed by atoms with Gasteiger partial charge in [-0.05, 0) is 53.8 Å². The summed E-state index contributed by atoms with van der Waals surface area (Å²) in [5.74, 6) is 0.622. The lowest BCUT2D eigenvalue weighted by Gasteiger charge is -2.32. The predicted molar refractivity (Wildman–Crippen MR) is 159 cm³/mol. The van der Waals surface area contributed by atoms with Crippen LogP contribution in [0.5, 0.6) is 0 Å². The summed E-state index contributed by atoms with van der Waals surface area (Å²) < 4.78 is 0. The number of thioether (sulfide) groups is 1. The molecule has 1 unspecified atom stereocenters. The molecule has 1 saturated carbocycles. The molecule has 38 heavy (non-hydrogen) atoms. The second-order valence-electron chi connectivity index (χ2n) is 9.59. The summed E-state index contributed by atoms with van der Waals surface area (Å²) in [6.07, 6.45) is 4.62. The molecule has 4 rings (SSSR count). The fourth-order valence-electron chi connectivity index (χ4n) is 4.72. The third kappa shape index (κ3) is 8.41. The number of nitrogens with zero attached hydrogens (tertiary/aromatic N) is 1. The summed E-state index contributed by atoms with van der Waals surface area (Å²) in [6.45, 7) is 0.294. The number of hydrogen-bond donors (Lipinski definition) is 1. The number of carbonyl (C=O) groups excluding carboxylic acids is 2. The van der Waals surface area contributed by atoms with Crippen LogP contribution in [0.1, 0.15) is 42.4 Å². The molecule has 1 atom stereocenters. The van der Waals surface area contributed by atoms with E-state index in [1.807, 2.05) is 60.7 Å². The molecule has 3 aromatic carbocycles. The van der Waals surface area contributed by atoms with Gasteiger partial charge in [0.2, 0.25) is 11.8 Å². The Labute approximate surface area is 244 Å². The molecule has 0 spiro atoms. The predicted octanol–water partition coefficient (Wildman–Crippen LogP) is 7.58. The molecular weight excluding hydrogens is 559 g/mol. The van der Waals surface area contributed by atoms with Gasteiger partial charge in [0.15, 0.2) is 0 Å². The molecule has 0 bridgehead atoms. The van der Waals surface area contributed by atoms with Crippen LogP contribution in [0.15, 0.2) is 72.8 Å². The van der Waals surface area contributed by atoms with E-state index in [1.54, 1.807) is 17.0 Å². The average Bonchev–Trinajstić information content (AvgIpc) is 3.42. The van der Waals surface area contributed by atoms with Crippen molar-refractivity contribution in [3.63, 3.8) is 0 Å². The maximum absolute atomic E-state index is 13.8.